The van der Waals surface area contributed by atoms with Crippen LogP contribution in [0, 0.1) is 21.7 Å². The van der Waals surface area contributed by atoms with E-state index in [9.17, 15) is 35.7 Å². The van der Waals surface area contributed by atoms with Gasteiger partial charge in [-0.05, 0) is 54.6 Å². The van der Waals surface area contributed by atoms with E-state index in [1.807, 2.05) is 0 Å². The molecule has 13 nitrogen and oxygen atoms in total. The molecule has 0 unspecified atom stereocenters. The minimum absolute atomic E-state index is 0.167. The number of pyridine rings is 2. The summed E-state index contributed by atoms with van der Waals surface area (Å²) in [6.45, 7) is 0. The van der Waals surface area contributed by atoms with Crippen molar-refractivity contribution in [2.45, 2.75) is 9.79 Å². The van der Waals surface area contributed by atoms with Crippen LogP contribution in [0.3, 0.4) is 0 Å². The molecule has 3 heterocycles. The lowest BCUT2D eigenvalue weighted by atomic mass is 10.3. The van der Waals surface area contributed by atoms with E-state index >= 15 is 0 Å². The number of rotatable bonds is 7. The van der Waals surface area contributed by atoms with Crippen LogP contribution < -0.4 is 16.4 Å². The Balaban J connectivity index is 0.000000197. The molecule has 2 aromatic carbocycles. The normalized spacial score (nSPS) is 11.4. The van der Waals surface area contributed by atoms with Gasteiger partial charge in [-0.2, -0.15) is 0 Å². The molecule has 0 atom stereocenters. The average Bonchev–Trinajstić information content (AvgIpc) is 3.27. The highest BCUT2D eigenvalue weighted by Crippen LogP contribution is 2.26. The first-order valence-corrected chi connectivity index (χ1v) is 16.4. The van der Waals surface area contributed by atoms with Gasteiger partial charge in [-0.25, -0.2) is 40.6 Å². The fraction of sp³-hybridized carbons (Fsp3) is 0.0800. The molecule has 0 spiro atoms. The molecule has 0 saturated carbocycles. The smallest absolute Gasteiger partial charge is 0.287 e. The molecular formula is C25H21F2N7O6S3. The highest BCUT2D eigenvalue weighted by molar-refractivity contribution is 7.91. The molecule has 0 aliphatic rings. The van der Waals surface area contributed by atoms with Gasteiger partial charge in [-0.3, -0.25) is 10.1 Å². The topological polar surface area (TPSA) is 200 Å². The van der Waals surface area contributed by atoms with Gasteiger partial charge in [-0.1, -0.05) is 11.3 Å². The molecule has 0 saturated heterocycles. The monoisotopic (exact) mass is 649 g/mol. The van der Waals surface area contributed by atoms with Gasteiger partial charge in [0.2, 0.25) is 0 Å². The standard InChI is InChI=1S/C13H11FN4O2S2.C12H10FN3O4S/c1-22(19,20)10-4-2-7(6-8(10)14)16-11-5-3-9-12(18-11)21-13(15)17-9;1-21(19,20)11-4-2-8(6-10(11)13)15-12-5-3-9(7-14-12)16(17)18/h2-6H,1H3,(H2,15,17)(H,16,18);2-7H,1H3,(H,14,15). The van der Waals surface area contributed by atoms with Gasteiger partial charge >= 0.3 is 0 Å². The maximum Gasteiger partial charge on any atom is 0.287 e. The second-order valence-corrected chi connectivity index (χ2v) is 13.8. The lowest BCUT2D eigenvalue weighted by Gasteiger charge is -2.07. The Kier molecular flexibility index (Phi) is 8.83. The van der Waals surface area contributed by atoms with E-state index in [-0.39, 0.29) is 22.1 Å². The summed E-state index contributed by atoms with van der Waals surface area (Å²) in [6, 6.07) is 13.4. The summed E-state index contributed by atoms with van der Waals surface area (Å²) in [6.07, 6.45) is 2.93. The predicted octanol–water partition coefficient (Wildman–Crippen LogP) is 4.84. The van der Waals surface area contributed by atoms with Crippen LogP contribution in [0.5, 0.6) is 0 Å². The number of anilines is 5. The second-order valence-electron chi connectivity index (χ2n) is 8.82. The Morgan fingerprint density at radius 2 is 1.35 bits per heavy atom. The molecule has 0 fully saturated rings. The largest absolute Gasteiger partial charge is 0.375 e. The number of hydrogen-bond donors (Lipinski definition) is 3. The molecule has 3 aromatic heterocycles. The van der Waals surface area contributed by atoms with Crippen molar-refractivity contribution in [2.75, 3.05) is 28.9 Å². The summed E-state index contributed by atoms with van der Waals surface area (Å²) in [7, 11) is -7.22. The third-order valence-electron chi connectivity index (χ3n) is 5.44. The van der Waals surface area contributed by atoms with E-state index in [2.05, 4.69) is 25.6 Å². The van der Waals surface area contributed by atoms with Crippen LogP contribution in [0.25, 0.3) is 10.3 Å². The number of hydrogen-bond acceptors (Lipinski definition) is 13. The van der Waals surface area contributed by atoms with Crippen LogP contribution in [0.1, 0.15) is 0 Å². The summed E-state index contributed by atoms with van der Waals surface area (Å²) < 4.78 is 72.9. The summed E-state index contributed by atoms with van der Waals surface area (Å²) in [5, 5.41) is 16.5. The minimum Gasteiger partial charge on any atom is -0.375 e. The van der Waals surface area contributed by atoms with E-state index in [0.29, 0.717) is 27.0 Å². The van der Waals surface area contributed by atoms with Crippen LogP contribution in [-0.4, -0.2) is 49.2 Å². The Bertz CT molecular complexity index is 2060. The third kappa shape index (κ3) is 7.93. The molecule has 0 aliphatic carbocycles. The zero-order chi connectivity index (χ0) is 31.5. The SMILES string of the molecule is CS(=O)(=O)c1ccc(Nc2ccc([N+](=O)[O-])cn2)cc1F.CS(=O)(=O)c1ccc(Nc2ccc3nc(N)sc3n2)cc1F. The van der Waals surface area contributed by atoms with Crippen LogP contribution in [0.2, 0.25) is 0 Å². The Labute approximate surface area is 247 Å². The Morgan fingerprint density at radius 1 is 0.814 bits per heavy atom. The van der Waals surface area contributed by atoms with Gasteiger partial charge in [-0.15, -0.1) is 0 Å². The highest BCUT2D eigenvalue weighted by atomic mass is 32.2. The van der Waals surface area contributed by atoms with Crippen molar-refractivity contribution in [3.63, 3.8) is 0 Å². The lowest BCUT2D eigenvalue weighted by molar-refractivity contribution is -0.385. The molecule has 5 rings (SSSR count). The van der Waals surface area contributed by atoms with Crippen molar-refractivity contribution >= 4 is 75.2 Å². The highest BCUT2D eigenvalue weighted by Gasteiger charge is 2.15. The lowest BCUT2D eigenvalue weighted by Crippen LogP contribution is -2.02. The van der Waals surface area contributed by atoms with E-state index in [4.69, 9.17) is 5.73 Å². The quantitative estimate of drug-likeness (QED) is 0.160. The zero-order valence-electron chi connectivity index (χ0n) is 22.1. The molecule has 5 aromatic rings. The van der Waals surface area contributed by atoms with Crippen molar-refractivity contribution in [3.8, 4) is 0 Å². The van der Waals surface area contributed by atoms with Gasteiger partial charge < -0.3 is 16.4 Å². The van der Waals surface area contributed by atoms with E-state index in [0.717, 1.165) is 36.9 Å². The number of nitrogens with one attached hydrogen (secondary N) is 2. The first-order valence-electron chi connectivity index (χ1n) is 11.8. The molecule has 43 heavy (non-hydrogen) atoms. The Morgan fingerprint density at radius 3 is 1.81 bits per heavy atom. The molecule has 4 N–H and O–H groups in total. The number of aromatic nitrogens is 3. The number of nitrogens with two attached hydrogens (primary N) is 1. The molecule has 0 radical (unpaired) electrons. The number of halogens is 2. The maximum atomic E-state index is 13.8. The molecule has 0 aliphatic heterocycles. The van der Waals surface area contributed by atoms with Crippen LogP contribution in [0.15, 0.2) is 76.7 Å². The number of nitrogens with zero attached hydrogens (tertiary/aromatic N) is 4. The fourth-order valence-electron chi connectivity index (χ4n) is 3.53. The van der Waals surface area contributed by atoms with Crippen LogP contribution >= 0.6 is 11.3 Å². The van der Waals surface area contributed by atoms with Gasteiger partial charge in [0.05, 0.1) is 4.92 Å². The number of sulfone groups is 2. The van der Waals surface area contributed by atoms with Gasteiger partial charge in [0.1, 0.15) is 49.6 Å². The number of nitrogen functional groups attached to an aromatic ring is 1. The summed E-state index contributed by atoms with van der Waals surface area (Å²) in [5.74, 6) is -0.935. The molecule has 18 heteroatoms. The second kappa shape index (κ2) is 12.2. The van der Waals surface area contributed by atoms with E-state index in [1.165, 1.54) is 41.7 Å². The number of thiazole rings is 1. The van der Waals surface area contributed by atoms with Crippen LogP contribution in [0.4, 0.5) is 42.6 Å². The summed E-state index contributed by atoms with van der Waals surface area (Å²) in [5.41, 5.74) is 6.81. The molecular weight excluding hydrogens is 629 g/mol. The number of benzene rings is 2. The maximum absolute atomic E-state index is 13.8. The van der Waals surface area contributed by atoms with Crippen molar-refractivity contribution in [2.24, 2.45) is 0 Å². The number of nitro groups is 1. The van der Waals surface area contributed by atoms with Crippen molar-refractivity contribution < 1.29 is 30.5 Å². The van der Waals surface area contributed by atoms with Crippen molar-refractivity contribution in [3.05, 3.63) is 88.6 Å². The first-order chi connectivity index (χ1) is 20.1. The average molecular weight is 650 g/mol. The summed E-state index contributed by atoms with van der Waals surface area (Å²) >= 11 is 1.25. The third-order valence-corrected chi connectivity index (χ3v) is 8.49. The van der Waals surface area contributed by atoms with Crippen molar-refractivity contribution in [1.29, 1.82) is 0 Å². The molecule has 0 amide bonds. The Hall–Kier alpha value is -4.81. The van der Waals surface area contributed by atoms with E-state index in [1.54, 1.807) is 12.1 Å². The van der Waals surface area contributed by atoms with Gasteiger partial charge in [0.15, 0.2) is 24.8 Å². The minimum atomic E-state index is -3.63. The molecule has 0 bridgehead atoms. The van der Waals surface area contributed by atoms with Crippen LogP contribution in [-0.2, 0) is 19.7 Å². The summed E-state index contributed by atoms with van der Waals surface area (Å²) in [4.78, 5) is 22.0. The predicted molar refractivity (Wildman–Crippen MR) is 158 cm³/mol. The van der Waals surface area contributed by atoms with E-state index < -0.39 is 41.1 Å². The van der Waals surface area contributed by atoms with Crippen molar-refractivity contribution in [1.82, 2.24) is 15.0 Å². The molecule has 224 valence electrons. The first kappa shape index (κ1) is 31.1. The number of fused-ring (bicyclic) bond motifs is 1. The van der Waals surface area contributed by atoms with Gasteiger partial charge in [0, 0.05) is 30.0 Å². The zero-order valence-corrected chi connectivity index (χ0v) is 24.6. The fourth-order valence-corrected chi connectivity index (χ4v) is 5.69. The van der Waals surface area contributed by atoms with Gasteiger partial charge in [0.25, 0.3) is 5.69 Å².